The maximum absolute atomic E-state index is 12.9. The van der Waals surface area contributed by atoms with Crippen molar-refractivity contribution < 1.29 is 75.8 Å². The van der Waals surface area contributed by atoms with E-state index in [9.17, 15) is 43.5 Å². The molecule has 0 rings (SSSR count). The first-order chi connectivity index (χ1) is 47.2. The number of unbranched alkanes of at least 4 members (excludes halogenated alkanes) is 28. The summed E-state index contributed by atoms with van der Waals surface area (Å²) in [5.41, 5.74) is 0. The van der Waals surface area contributed by atoms with Crippen LogP contribution in [0.2, 0.25) is 0 Å². The molecule has 0 fully saturated rings. The highest BCUT2D eigenvalue weighted by atomic mass is 31.2. The fourth-order valence-electron chi connectivity index (χ4n) is 9.94. The largest absolute Gasteiger partial charge is 0.472 e. The van der Waals surface area contributed by atoms with E-state index in [0.29, 0.717) is 19.3 Å². The second kappa shape index (κ2) is 71.8. The first-order valence-corrected chi connectivity index (χ1v) is 40.8. The number of carbonyl (C=O) groups is 3. The van der Waals surface area contributed by atoms with Gasteiger partial charge < -0.3 is 34.2 Å². The van der Waals surface area contributed by atoms with Crippen LogP contribution in [0.25, 0.3) is 0 Å². The molecule has 0 aliphatic carbocycles. The molecule has 558 valence electrons. The molecule has 97 heavy (non-hydrogen) atoms. The molecule has 0 heterocycles. The van der Waals surface area contributed by atoms with Gasteiger partial charge in [0.25, 0.3) is 0 Å². The van der Waals surface area contributed by atoms with Crippen LogP contribution in [0.4, 0.5) is 0 Å². The zero-order valence-electron chi connectivity index (χ0n) is 60.7. The van der Waals surface area contributed by atoms with E-state index >= 15 is 0 Å². The summed E-state index contributed by atoms with van der Waals surface area (Å²) in [5.74, 6) is -1.60. The van der Waals surface area contributed by atoms with Crippen LogP contribution in [0, 0.1) is 0 Å². The van der Waals surface area contributed by atoms with Gasteiger partial charge in [0.05, 0.1) is 26.4 Å². The number of carbonyl (C=O) groups excluding carboxylic acids is 3. The Morgan fingerprint density at radius 3 is 0.876 bits per heavy atom. The Labute approximate surface area is 589 Å². The predicted molar refractivity (Wildman–Crippen MR) is 399 cm³/mol. The lowest BCUT2D eigenvalue weighted by molar-refractivity contribution is -0.161. The quantitative estimate of drug-likeness (QED) is 0.0146. The summed E-state index contributed by atoms with van der Waals surface area (Å²) >= 11 is 0. The van der Waals surface area contributed by atoms with Gasteiger partial charge in [0.2, 0.25) is 0 Å². The fourth-order valence-corrected chi connectivity index (χ4v) is 11.5. The molecule has 0 aromatic rings. The smallest absolute Gasteiger partial charge is 0.463 e. The van der Waals surface area contributed by atoms with Crippen LogP contribution in [-0.2, 0) is 55.8 Å². The molecule has 5 unspecified atom stereocenters. The molecule has 0 saturated carbocycles. The third-order valence-electron chi connectivity index (χ3n) is 15.7. The lowest BCUT2D eigenvalue weighted by Gasteiger charge is -2.21. The Morgan fingerprint density at radius 2 is 0.546 bits per heavy atom. The Morgan fingerprint density at radius 1 is 0.299 bits per heavy atom. The molecule has 0 spiro atoms. The standard InChI is InChI=1S/C79H136O16P2/c1-4-7-10-13-16-19-22-25-28-30-32-33-34-35-36-37-38-39-41-43-45-47-50-53-56-59-62-65-77(82)89-68-74(80)69-91-96(85,86)92-70-75(81)71-93-97(87,88)94-73-76(95-79(84)67-64-61-58-55-52-49-44-27-24-21-18-15-12-9-6-3)72-90-78(83)66-63-60-57-54-51-48-46-42-40-31-29-26-23-20-17-14-11-8-5-2/h7-8,10-11,16-17,19-20,25-29,32-33,35-36,40,42,44,74-76,80-81H,4-6,9,12-15,18,21-24,30-31,34,37-39,41,43,45-73H2,1-3H3,(H,85,86)(H,87,88)/b10-7-,11-8-,19-16-,20-17-,28-25-,29-26-,33-32-,36-35-,42-40-,44-27-. The minimum atomic E-state index is -4.93. The summed E-state index contributed by atoms with van der Waals surface area (Å²) in [5, 5.41) is 20.6. The molecule has 0 aromatic carbocycles. The summed E-state index contributed by atoms with van der Waals surface area (Å²) in [4.78, 5) is 58.6. The first-order valence-electron chi connectivity index (χ1n) is 37.8. The molecule has 16 nitrogen and oxygen atoms in total. The lowest BCUT2D eigenvalue weighted by Crippen LogP contribution is -2.30. The number of phosphoric acid groups is 2. The van der Waals surface area contributed by atoms with Crippen molar-refractivity contribution in [2.24, 2.45) is 0 Å². The number of phosphoric ester groups is 2. The number of allylic oxidation sites excluding steroid dienone is 20. The van der Waals surface area contributed by atoms with E-state index in [-0.39, 0.29) is 19.3 Å². The molecule has 4 N–H and O–H groups in total. The zero-order chi connectivity index (χ0) is 70.9. The summed E-state index contributed by atoms with van der Waals surface area (Å²) in [7, 11) is -9.79. The SMILES string of the molecule is CC/C=C\C/C=C\C/C=C\C/C=C\C/C=C\CCCCCCCCCCCCCC(=O)OCC(O)COP(=O)(O)OCC(O)COP(=O)(O)OCC(COC(=O)CCCCCCCC/C=C\C/C=C\C/C=C\C/C=C\CC)OC(=O)CCCCCCC/C=C\CCCCCCCC. The van der Waals surface area contributed by atoms with Gasteiger partial charge >= 0.3 is 33.6 Å². The van der Waals surface area contributed by atoms with Gasteiger partial charge in [0.1, 0.15) is 25.4 Å². The number of hydrogen-bond acceptors (Lipinski definition) is 14. The van der Waals surface area contributed by atoms with Crippen molar-refractivity contribution in [2.75, 3.05) is 39.6 Å². The van der Waals surface area contributed by atoms with Crippen LogP contribution in [0.15, 0.2) is 122 Å². The Kier molecular flexibility index (Phi) is 68.8. The summed E-state index contributed by atoms with van der Waals surface area (Å²) in [6.07, 6.45) is 83.8. The average molecular weight is 1400 g/mol. The number of aliphatic hydroxyl groups is 2. The van der Waals surface area contributed by atoms with Gasteiger partial charge in [-0.05, 0) is 128 Å². The highest BCUT2D eigenvalue weighted by molar-refractivity contribution is 7.47. The van der Waals surface area contributed by atoms with E-state index in [4.69, 9.17) is 32.3 Å². The van der Waals surface area contributed by atoms with Gasteiger partial charge in [-0.25, -0.2) is 9.13 Å². The molecule has 0 aliphatic heterocycles. The van der Waals surface area contributed by atoms with Crippen molar-refractivity contribution in [3.63, 3.8) is 0 Å². The van der Waals surface area contributed by atoms with Crippen molar-refractivity contribution in [1.82, 2.24) is 0 Å². The van der Waals surface area contributed by atoms with Crippen LogP contribution in [0.1, 0.15) is 303 Å². The molecule has 0 aliphatic rings. The van der Waals surface area contributed by atoms with Crippen molar-refractivity contribution in [3.8, 4) is 0 Å². The van der Waals surface area contributed by atoms with E-state index in [1.807, 2.05) is 0 Å². The summed E-state index contributed by atoms with van der Waals surface area (Å²) in [6, 6.07) is 0. The average Bonchev–Trinajstić information content (AvgIpc) is 1.86. The molecule has 0 saturated heterocycles. The number of ether oxygens (including phenoxy) is 3. The molecule has 0 amide bonds. The van der Waals surface area contributed by atoms with Crippen molar-refractivity contribution in [2.45, 2.75) is 322 Å². The van der Waals surface area contributed by atoms with Crippen molar-refractivity contribution in [3.05, 3.63) is 122 Å². The van der Waals surface area contributed by atoms with E-state index in [1.54, 1.807) is 0 Å². The molecule has 18 heteroatoms. The number of esters is 3. The zero-order valence-corrected chi connectivity index (χ0v) is 62.5. The number of aliphatic hydroxyl groups excluding tert-OH is 2. The number of hydrogen-bond donors (Lipinski definition) is 4. The van der Waals surface area contributed by atoms with Gasteiger partial charge in [0.15, 0.2) is 6.10 Å². The third kappa shape index (κ3) is 73.0. The summed E-state index contributed by atoms with van der Waals surface area (Å²) < 4.78 is 61.1. The van der Waals surface area contributed by atoms with Gasteiger partial charge in [-0.1, -0.05) is 277 Å². The second-order valence-corrected chi connectivity index (χ2v) is 27.9. The van der Waals surface area contributed by atoms with Crippen molar-refractivity contribution >= 4 is 33.6 Å². The molecule has 0 radical (unpaired) electrons. The van der Waals surface area contributed by atoms with Gasteiger partial charge in [-0.3, -0.25) is 32.5 Å². The third-order valence-corrected chi connectivity index (χ3v) is 17.6. The maximum atomic E-state index is 12.9. The first kappa shape index (κ1) is 93.0. The topological polar surface area (TPSA) is 231 Å². The molecule has 5 atom stereocenters. The van der Waals surface area contributed by atoms with Crippen LogP contribution in [-0.4, -0.2) is 95.9 Å². The molecular formula is C79H136O16P2. The Hall–Kier alpha value is -4.05. The van der Waals surface area contributed by atoms with Crippen molar-refractivity contribution in [1.29, 1.82) is 0 Å². The Balaban J connectivity index is 4.56. The van der Waals surface area contributed by atoms with E-state index < -0.39 is 91.5 Å². The Bertz CT molecular complexity index is 2250. The normalized spacial score (nSPS) is 14.8. The summed E-state index contributed by atoms with van der Waals surface area (Å²) in [6.45, 7) is 2.43. The minimum Gasteiger partial charge on any atom is -0.463 e. The molecule has 0 aromatic heterocycles. The van der Waals surface area contributed by atoms with Crippen LogP contribution >= 0.6 is 15.6 Å². The predicted octanol–water partition coefficient (Wildman–Crippen LogP) is 21.8. The fraction of sp³-hybridized carbons (Fsp3) is 0.709. The lowest BCUT2D eigenvalue weighted by atomic mass is 10.0. The van der Waals surface area contributed by atoms with Crippen LogP contribution in [0.5, 0.6) is 0 Å². The molecular weight excluding hydrogens is 1270 g/mol. The highest BCUT2D eigenvalue weighted by Crippen LogP contribution is 2.45. The number of rotatable bonds is 71. The van der Waals surface area contributed by atoms with Gasteiger partial charge in [0, 0.05) is 19.3 Å². The molecule has 0 bridgehead atoms. The van der Waals surface area contributed by atoms with E-state index in [0.717, 1.165) is 161 Å². The van der Waals surface area contributed by atoms with E-state index in [2.05, 4.69) is 142 Å². The van der Waals surface area contributed by atoms with Crippen LogP contribution in [0.3, 0.4) is 0 Å². The van der Waals surface area contributed by atoms with Gasteiger partial charge in [-0.2, -0.15) is 0 Å². The highest BCUT2D eigenvalue weighted by Gasteiger charge is 2.29. The minimum absolute atomic E-state index is 0.0901. The maximum Gasteiger partial charge on any atom is 0.472 e. The second-order valence-electron chi connectivity index (χ2n) is 25.0. The monoisotopic (exact) mass is 1400 g/mol. The van der Waals surface area contributed by atoms with Crippen LogP contribution < -0.4 is 0 Å². The van der Waals surface area contributed by atoms with E-state index in [1.165, 1.54) is 83.5 Å². The van der Waals surface area contributed by atoms with Gasteiger partial charge in [-0.15, -0.1) is 0 Å².